The molecule has 3 heterocycles. The zero-order valence-corrected chi connectivity index (χ0v) is 56.6. The molecule has 0 atom stereocenters. The lowest BCUT2D eigenvalue weighted by Gasteiger charge is -2.11. The van der Waals surface area contributed by atoms with Crippen molar-refractivity contribution < 1.29 is 64.9 Å². The van der Waals surface area contributed by atoms with Gasteiger partial charge in [-0.1, -0.05) is 86.8 Å². The maximum Gasteiger partial charge on any atom is 0.162 e. The quantitative estimate of drug-likeness (QED) is 0.0299. The average molecular weight is 1320 g/mol. The van der Waals surface area contributed by atoms with Gasteiger partial charge in [0.05, 0.1) is 51.1 Å². The Bertz CT molecular complexity index is 3450. The number of hydrogen-bond donors (Lipinski definition) is 17. The monoisotopic (exact) mass is 1320 g/mol. The molecule has 3 aromatic heterocycles. The molecule has 8 rings (SSSR count). The van der Waals surface area contributed by atoms with Gasteiger partial charge in [0.1, 0.15) is 46.0 Å². The zero-order chi connectivity index (χ0) is 71.4. The van der Waals surface area contributed by atoms with Crippen molar-refractivity contribution in [1.29, 1.82) is 0 Å². The highest BCUT2D eigenvalue weighted by Crippen LogP contribution is 2.30. The molecule has 0 aliphatic rings. The van der Waals surface area contributed by atoms with Crippen molar-refractivity contribution in [2.24, 2.45) is 45.9 Å². The molecule has 5 aromatic carbocycles. The van der Waals surface area contributed by atoms with Crippen LogP contribution < -0.4 is 55.3 Å². The highest BCUT2D eigenvalue weighted by atomic mass is 16.5. The van der Waals surface area contributed by atoms with E-state index in [0.717, 1.165) is 69.5 Å². The van der Waals surface area contributed by atoms with E-state index in [1.54, 1.807) is 107 Å². The van der Waals surface area contributed by atoms with E-state index in [1.165, 1.54) is 26.1 Å². The van der Waals surface area contributed by atoms with E-state index in [9.17, 15) is 30.6 Å². The van der Waals surface area contributed by atoms with Gasteiger partial charge in [-0.3, -0.25) is 15.0 Å². The van der Waals surface area contributed by atoms with Gasteiger partial charge in [0.2, 0.25) is 0 Å². The van der Waals surface area contributed by atoms with E-state index in [0.29, 0.717) is 122 Å². The average Bonchev–Trinajstić information content (AvgIpc) is 0.959. The maximum atomic E-state index is 9.82. The Kier molecular flexibility index (Phi) is 42.4. The Balaban J connectivity index is 0.000000546. The first-order valence-electron chi connectivity index (χ1n) is 31.0. The number of rotatable bonds is 21. The second-order valence-electron chi connectivity index (χ2n) is 20.8. The van der Waals surface area contributed by atoms with E-state index >= 15 is 0 Å². The van der Waals surface area contributed by atoms with Crippen molar-refractivity contribution in [1.82, 2.24) is 15.0 Å². The van der Waals surface area contributed by atoms with Crippen LogP contribution in [0.3, 0.4) is 0 Å². The Morgan fingerprint density at radius 1 is 0.400 bits per heavy atom. The Morgan fingerprint density at radius 3 is 1.29 bits per heavy atom. The molecule has 0 radical (unpaired) electrons. The van der Waals surface area contributed by atoms with E-state index in [1.807, 2.05) is 44.2 Å². The number of ether oxygens (including phenoxy) is 4. The number of para-hydroxylation sites is 2. The standard InChI is InChI=1S/C13H22N2O2.C10H16N2O2.C9H13NO.C8H12N2O2.2C8H11NO2.C8H11NO.C7H9NO/c1-3-4-5-6-17-9-11-8-15-10(2)13(16)12(11)7-14;1-3-14-6-8-5-12-7(2)10(13)9(8)4-11;1-2-7-3-4-8(6-10)9(11)5-7;1-5-8(12)7(2-9)6(4-11)3-10-5;1-11-7-2-3-8(10)6(4-7)5-9;1-11-7-4-2-3-6(5-9)8(7)10;1-6-2-3-8(10)7(4-6)5-9;8-5-6-3-1-2-4-7(6)9/h8,16H,3-7,9,14H2,1-2H3;5,13H,3-4,6,11H2,1-2H3;3-5,11H,2,6,10H2,1H3;3,11-12H,2,4,9H2,1H3;2*2-4,10H,5,9H2,1H3;2-4,10H,5,9H2,1H3;1-4,9H,5,8H2. The number of phenolic OH excluding ortho intramolecular Hbond substituents is 5. The van der Waals surface area contributed by atoms with Crippen LogP contribution in [0.5, 0.6) is 57.5 Å². The Hall–Kier alpha value is -8.89. The van der Waals surface area contributed by atoms with Gasteiger partial charge < -0.3 is 111 Å². The molecule has 0 amide bonds. The van der Waals surface area contributed by atoms with Gasteiger partial charge in [0, 0.05) is 145 Å². The van der Waals surface area contributed by atoms with Crippen LogP contribution in [0.4, 0.5) is 0 Å². The SMILES string of the molecule is CCCCCOCc1cnc(C)c(O)c1CN.CCOCc1cnc(C)c(O)c1CN.CCc1ccc(CN)c(O)c1.COc1ccc(O)c(CN)c1.COc1cccc(CN)c1O.Cc1ccc(O)c(CN)c1.Cc1ncc(CO)c(CN)c1O.NCc1ccccc1O. The number of pyridine rings is 3. The molecule has 24 nitrogen and oxygen atoms in total. The first kappa shape index (κ1) is 84.1. The minimum atomic E-state index is -0.145. The second kappa shape index (κ2) is 47.9. The molecule has 95 heavy (non-hydrogen) atoms. The van der Waals surface area contributed by atoms with Crippen molar-refractivity contribution in [2.45, 2.75) is 146 Å². The number of benzene rings is 5. The molecule has 0 fully saturated rings. The Labute approximate surface area is 559 Å². The van der Waals surface area contributed by atoms with Crippen LogP contribution in [-0.2, 0) is 88.1 Å². The summed E-state index contributed by atoms with van der Waals surface area (Å²) in [5, 5.41) is 83.9. The lowest BCUT2D eigenvalue weighted by Crippen LogP contribution is -2.06. The number of aliphatic hydroxyl groups excluding tert-OH is 1. The van der Waals surface area contributed by atoms with Crippen LogP contribution in [0.1, 0.15) is 129 Å². The van der Waals surface area contributed by atoms with Crippen molar-refractivity contribution in [3.63, 3.8) is 0 Å². The molecule has 0 saturated heterocycles. The number of nitrogens with zero attached hydrogens (tertiary/aromatic N) is 3. The summed E-state index contributed by atoms with van der Waals surface area (Å²) in [4.78, 5) is 12.1. The summed E-state index contributed by atoms with van der Waals surface area (Å²) >= 11 is 0. The minimum absolute atomic E-state index is 0.0871. The minimum Gasteiger partial charge on any atom is -0.508 e. The van der Waals surface area contributed by atoms with Crippen molar-refractivity contribution in [3.8, 4) is 57.5 Å². The number of unbranched alkanes of at least 4 members (excludes halogenated alkanes) is 2. The third kappa shape index (κ3) is 29.5. The van der Waals surface area contributed by atoms with Gasteiger partial charge in [0.25, 0.3) is 0 Å². The normalized spacial score (nSPS) is 10.1. The summed E-state index contributed by atoms with van der Waals surface area (Å²) in [5.74, 6) is 2.87. The number of hydrogen-bond acceptors (Lipinski definition) is 24. The molecule has 0 unspecified atom stereocenters. The largest absolute Gasteiger partial charge is 0.508 e. The summed E-state index contributed by atoms with van der Waals surface area (Å²) in [7, 11) is 3.09. The van der Waals surface area contributed by atoms with Crippen molar-refractivity contribution >= 4 is 0 Å². The summed E-state index contributed by atoms with van der Waals surface area (Å²) in [5.41, 5.74) is 55.5. The summed E-state index contributed by atoms with van der Waals surface area (Å²) in [6.45, 7) is 18.1. The van der Waals surface area contributed by atoms with Crippen LogP contribution in [-0.4, -0.2) is 88.3 Å². The number of aryl methyl sites for hydroxylation is 5. The second-order valence-corrected chi connectivity index (χ2v) is 20.8. The fourth-order valence-corrected chi connectivity index (χ4v) is 8.28. The molecule has 0 aliphatic heterocycles. The molecule has 0 spiro atoms. The molecule has 522 valence electrons. The third-order valence-electron chi connectivity index (χ3n) is 14.2. The number of nitrogens with two attached hydrogens (primary N) is 8. The van der Waals surface area contributed by atoms with E-state index < -0.39 is 0 Å². The van der Waals surface area contributed by atoms with Gasteiger partial charge in [-0.15, -0.1) is 0 Å². The van der Waals surface area contributed by atoms with E-state index in [4.69, 9.17) is 80.1 Å². The summed E-state index contributed by atoms with van der Waals surface area (Å²) in [6, 6.07) is 28.3. The fourth-order valence-electron chi connectivity index (χ4n) is 8.28. The van der Waals surface area contributed by atoms with E-state index in [2.05, 4.69) is 28.8 Å². The fraction of sp³-hybridized carbons (Fsp3) is 0.366. The van der Waals surface area contributed by atoms with Crippen molar-refractivity contribution in [2.75, 3.05) is 27.4 Å². The smallest absolute Gasteiger partial charge is 0.162 e. The molecule has 8 aromatic rings. The maximum absolute atomic E-state index is 9.82. The number of aromatic nitrogens is 3. The molecular weight excluding hydrogens is 1210 g/mol. The Morgan fingerprint density at radius 2 is 0.863 bits per heavy atom. The molecule has 0 saturated carbocycles. The first-order chi connectivity index (χ1) is 45.5. The van der Waals surface area contributed by atoms with Crippen LogP contribution in [0.2, 0.25) is 0 Å². The number of aliphatic hydroxyl groups is 1. The highest BCUT2D eigenvalue weighted by molar-refractivity contribution is 5.46. The lowest BCUT2D eigenvalue weighted by molar-refractivity contribution is 0.116. The van der Waals surface area contributed by atoms with Crippen LogP contribution in [0.25, 0.3) is 0 Å². The number of aromatic hydroxyl groups is 8. The molecule has 0 aliphatic carbocycles. The van der Waals surface area contributed by atoms with Gasteiger partial charge in [0.15, 0.2) is 11.5 Å². The summed E-state index contributed by atoms with van der Waals surface area (Å²) < 4.78 is 20.6. The lowest BCUT2D eigenvalue weighted by atomic mass is 10.1. The molecular formula is C71H105N11O13. The number of phenols is 5. The van der Waals surface area contributed by atoms with Crippen LogP contribution in [0, 0.1) is 27.7 Å². The first-order valence-corrected chi connectivity index (χ1v) is 31.0. The molecule has 25 N–H and O–H groups in total. The van der Waals surface area contributed by atoms with Gasteiger partial charge in [-0.25, -0.2) is 0 Å². The van der Waals surface area contributed by atoms with E-state index in [-0.39, 0.29) is 53.4 Å². The van der Waals surface area contributed by atoms with Crippen molar-refractivity contribution in [3.05, 3.63) is 205 Å². The number of methoxy groups -OCH3 is 2. The third-order valence-corrected chi connectivity index (χ3v) is 14.2. The topological polar surface area (TPSA) is 466 Å². The molecule has 0 bridgehead atoms. The van der Waals surface area contributed by atoms with Crippen LogP contribution in [0.15, 0.2) is 116 Å². The van der Waals surface area contributed by atoms with Crippen LogP contribution >= 0.6 is 0 Å². The van der Waals surface area contributed by atoms with Gasteiger partial charge in [-0.2, -0.15) is 0 Å². The summed E-state index contributed by atoms with van der Waals surface area (Å²) in [6.07, 6.45) is 9.34. The predicted octanol–water partition coefficient (Wildman–Crippen LogP) is 8.54. The van der Waals surface area contributed by atoms with Gasteiger partial charge in [-0.05, 0) is 95.5 Å². The highest BCUT2D eigenvalue weighted by Gasteiger charge is 2.13. The van der Waals surface area contributed by atoms with Gasteiger partial charge >= 0.3 is 0 Å². The predicted molar refractivity (Wildman–Crippen MR) is 373 cm³/mol. The molecule has 24 heteroatoms. The zero-order valence-electron chi connectivity index (χ0n) is 56.6.